The lowest BCUT2D eigenvalue weighted by molar-refractivity contribution is -0.131. The van der Waals surface area contributed by atoms with Crippen molar-refractivity contribution in [3.63, 3.8) is 0 Å². The molecule has 4 heteroatoms. The lowest BCUT2D eigenvalue weighted by atomic mass is 10.1. The predicted octanol–water partition coefficient (Wildman–Crippen LogP) is 4.77. The molecule has 126 valence electrons. The Bertz CT molecular complexity index is 230. The number of carbonyl (C=O) groups is 1. The minimum atomic E-state index is -0.960. The van der Waals surface area contributed by atoms with Crippen molar-refractivity contribution in [3.05, 3.63) is 12.3 Å². The van der Waals surface area contributed by atoms with Crippen LogP contribution in [-0.2, 0) is 9.53 Å². The smallest absolute Gasteiger partial charge is 0.331 e. The average molecular weight is 317 g/mol. The second-order valence-electron chi connectivity index (χ2n) is 5.40. The van der Waals surface area contributed by atoms with Gasteiger partial charge in [0.2, 0.25) is 0 Å². The van der Waals surface area contributed by atoms with Gasteiger partial charge in [-0.2, -0.15) is 0 Å². The third-order valence-corrected chi connectivity index (χ3v) is 2.92. The van der Waals surface area contributed by atoms with E-state index in [2.05, 4.69) is 20.0 Å². The number of rotatable bonds is 13. The summed E-state index contributed by atoms with van der Waals surface area (Å²) in [5.74, 6) is -0.960. The van der Waals surface area contributed by atoms with Crippen molar-refractivity contribution in [2.75, 3.05) is 6.61 Å². The lowest BCUT2D eigenvalue weighted by Gasteiger charge is -2.02. The molecule has 0 fully saturated rings. The number of ether oxygens (including phenoxy) is 1. The van der Waals surface area contributed by atoms with Crippen LogP contribution >= 0.6 is 0 Å². The third kappa shape index (κ3) is 28.2. The molecule has 0 spiro atoms. The quantitative estimate of drug-likeness (QED) is 0.230. The van der Waals surface area contributed by atoms with E-state index >= 15 is 0 Å². The van der Waals surface area contributed by atoms with E-state index in [0.29, 0.717) is 16.1 Å². The third-order valence-electron chi connectivity index (χ3n) is 2.92. The molecule has 21 heavy (non-hydrogen) atoms. The Hall–Kier alpha value is -0.773. The topological polar surface area (TPSA) is 46.5 Å². The molecule has 0 radical (unpaired) electrons. The first-order valence-corrected chi connectivity index (χ1v) is 11.5. The minimum absolute atomic E-state index is 0.417. The summed E-state index contributed by atoms with van der Waals surface area (Å²) in [4.78, 5) is 10.1. The molecule has 0 amide bonds. The number of hydrogen-bond acceptors (Lipinski definition) is 2. The first-order valence-electron chi connectivity index (χ1n) is 8.70. The molecule has 0 aromatic heterocycles. The highest BCUT2D eigenvalue weighted by atomic mass is 28.2. The number of unbranched alkanes of at least 4 members (excludes halogenated alkanes) is 9. The molecule has 0 aliphatic heterocycles. The van der Waals surface area contributed by atoms with Gasteiger partial charge in [-0.1, -0.05) is 77.8 Å². The normalized spacial score (nSPS) is 10.2. The van der Waals surface area contributed by atoms with Gasteiger partial charge in [0.1, 0.15) is 0 Å². The predicted molar refractivity (Wildman–Crippen MR) is 94.8 cm³/mol. The van der Waals surface area contributed by atoms with Gasteiger partial charge in [0.25, 0.3) is 0 Å². The van der Waals surface area contributed by atoms with E-state index in [1.165, 1.54) is 64.0 Å². The zero-order valence-corrected chi connectivity index (χ0v) is 15.8. The van der Waals surface area contributed by atoms with Gasteiger partial charge >= 0.3 is 5.97 Å². The van der Waals surface area contributed by atoms with Gasteiger partial charge in [0.05, 0.1) is 18.9 Å². The molecule has 0 aliphatic carbocycles. The average Bonchev–Trinajstić information content (AvgIpc) is 2.44. The summed E-state index contributed by atoms with van der Waals surface area (Å²) >= 11 is 0. The zero-order valence-electron chi connectivity index (χ0n) is 14.4. The van der Waals surface area contributed by atoms with Gasteiger partial charge < -0.3 is 9.84 Å². The van der Waals surface area contributed by atoms with Crippen molar-refractivity contribution in [2.24, 2.45) is 0 Å². The Labute approximate surface area is 134 Å². The summed E-state index contributed by atoms with van der Waals surface area (Å²) < 4.78 is 5.06. The van der Waals surface area contributed by atoms with E-state index in [4.69, 9.17) is 9.84 Å². The number of carboxylic acids is 1. The molecule has 1 N–H and O–H groups in total. The summed E-state index contributed by atoms with van der Waals surface area (Å²) in [5, 5.41) is 8.32. The standard InChI is InChI=1S/C15H28O3.C2H8Si/c1-2-3-4-5-6-7-8-9-10-11-13-18-14-12-15(16)17;1-3-2/h12,14H,2-11,13H2,1H3,(H,16,17);3H2,1-2H3. The second-order valence-corrected chi connectivity index (χ2v) is 6.82. The largest absolute Gasteiger partial charge is 0.501 e. The Morgan fingerprint density at radius 1 is 0.952 bits per heavy atom. The maximum atomic E-state index is 10.1. The highest BCUT2D eigenvalue weighted by molar-refractivity contribution is 6.31. The van der Waals surface area contributed by atoms with Crippen molar-refractivity contribution in [3.8, 4) is 0 Å². The molecule has 3 nitrogen and oxygen atoms in total. The summed E-state index contributed by atoms with van der Waals surface area (Å²) in [6, 6.07) is 0. The summed E-state index contributed by atoms with van der Waals surface area (Å²) in [5.41, 5.74) is 0. The summed E-state index contributed by atoms with van der Waals surface area (Å²) in [7, 11) is 0.417. The Morgan fingerprint density at radius 3 is 1.81 bits per heavy atom. The molecule has 0 saturated heterocycles. The van der Waals surface area contributed by atoms with Gasteiger partial charge in [0.15, 0.2) is 0 Å². The molecule has 0 aliphatic rings. The molecular weight excluding hydrogens is 280 g/mol. The van der Waals surface area contributed by atoms with Crippen LogP contribution in [0.1, 0.15) is 71.1 Å². The van der Waals surface area contributed by atoms with E-state index < -0.39 is 5.97 Å². The van der Waals surface area contributed by atoms with E-state index in [0.717, 1.165) is 12.5 Å². The SMILES string of the molecule is CCCCCCCCCCCCOC=CC(=O)O.C[SiH2]C. The highest BCUT2D eigenvalue weighted by Gasteiger charge is 1.92. The maximum Gasteiger partial charge on any atom is 0.331 e. The van der Waals surface area contributed by atoms with Crippen LogP contribution < -0.4 is 0 Å². The van der Waals surface area contributed by atoms with Crippen LogP contribution in [0.3, 0.4) is 0 Å². The minimum Gasteiger partial charge on any atom is -0.501 e. The van der Waals surface area contributed by atoms with Crippen LogP contribution in [0.5, 0.6) is 0 Å². The molecule has 0 rings (SSSR count). The molecule has 0 atom stereocenters. The summed E-state index contributed by atoms with van der Waals surface area (Å²) in [6.07, 6.45) is 15.2. The number of hydrogen-bond donors (Lipinski definition) is 1. The van der Waals surface area contributed by atoms with Crippen LogP contribution in [0.15, 0.2) is 12.3 Å². The summed E-state index contributed by atoms with van der Waals surface area (Å²) in [6.45, 7) is 7.40. The molecule has 0 unspecified atom stereocenters. The van der Waals surface area contributed by atoms with Crippen molar-refractivity contribution < 1.29 is 14.6 Å². The fourth-order valence-corrected chi connectivity index (χ4v) is 1.85. The molecule has 0 heterocycles. The van der Waals surface area contributed by atoms with Crippen molar-refractivity contribution in [1.82, 2.24) is 0 Å². The van der Waals surface area contributed by atoms with Crippen LogP contribution in [0.2, 0.25) is 13.1 Å². The van der Waals surface area contributed by atoms with Crippen molar-refractivity contribution in [2.45, 2.75) is 84.2 Å². The maximum absolute atomic E-state index is 10.1. The fourth-order valence-electron chi connectivity index (χ4n) is 1.85. The van der Waals surface area contributed by atoms with Gasteiger partial charge in [0, 0.05) is 9.52 Å². The molecular formula is C17H36O3Si. The van der Waals surface area contributed by atoms with Gasteiger partial charge in [-0.05, 0) is 6.42 Å². The van der Waals surface area contributed by atoms with Crippen LogP contribution in [0, 0.1) is 0 Å². The van der Waals surface area contributed by atoms with E-state index in [-0.39, 0.29) is 0 Å². The fraction of sp³-hybridized carbons (Fsp3) is 0.824. The van der Waals surface area contributed by atoms with Gasteiger partial charge in [-0.25, -0.2) is 4.79 Å². The van der Waals surface area contributed by atoms with Crippen LogP contribution in [0.25, 0.3) is 0 Å². The van der Waals surface area contributed by atoms with Crippen LogP contribution in [0.4, 0.5) is 0 Å². The van der Waals surface area contributed by atoms with Crippen molar-refractivity contribution in [1.29, 1.82) is 0 Å². The van der Waals surface area contributed by atoms with E-state index in [1.54, 1.807) is 0 Å². The molecule has 0 aromatic carbocycles. The van der Waals surface area contributed by atoms with E-state index in [9.17, 15) is 4.79 Å². The van der Waals surface area contributed by atoms with E-state index in [1.807, 2.05) is 0 Å². The first-order chi connectivity index (χ1) is 10.2. The molecule has 0 saturated carbocycles. The Kier molecular flexibility index (Phi) is 23.1. The Balaban J connectivity index is 0. The number of carboxylic acid groups (broad SMARTS) is 1. The van der Waals surface area contributed by atoms with Crippen LogP contribution in [-0.4, -0.2) is 27.2 Å². The lowest BCUT2D eigenvalue weighted by Crippen LogP contribution is -1.91. The Morgan fingerprint density at radius 2 is 1.38 bits per heavy atom. The van der Waals surface area contributed by atoms with Gasteiger partial charge in [-0.3, -0.25) is 0 Å². The zero-order chi connectivity index (χ0) is 16.2. The second kappa shape index (κ2) is 21.5. The molecule has 0 bridgehead atoms. The monoisotopic (exact) mass is 316 g/mol. The molecule has 0 aromatic rings. The number of aliphatic carboxylic acids is 1. The van der Waals surface area contributed by atoms with Gasteiger partial charge in [-0.15, -0.1) is 0 Å². The first kappa shape index (κ1) is 22.5. The highest BCUT2D eigenvalue weighted by Crippen LogP contribution is 2.10. The van der Waals surface area contributed by atoms with Crippen molar-refractivity contribution >= 4 is 15.5 Å².